The van der Waals surface area contributed by atoms with Crippen molar-refractivity contribution in [2.75, 3.05) is 29.9 Å². The molecule has 0 bridgehead atoms. The van der Waals surface area contributed by atoms with Crippen LogP contribution in [0.25, 0.3) is 0 Å². The lowest BCUT2D eigenvalue weighted by Gasteiger charge is -2.31. The minimum Gasteiger partial charge on any atom is -0.395 e. The number of nitrogens with zero attached hydrogens (tertiary/aromatic N) is 4. The number of hydrogen-bond donors (Lipinski definition) is 3. The fourth-order valence-electron chi connectivity index (χ4n) is 8.55. The Morgan fingerprint density at radius 2 is 1.96 bits per heavy atom. The van der Waals surface area contributed by atoms with Gasteiger partial charge in [0.15, 0.2) is 5.60 Å². The fraction of sp³-hybridized carbons (Fsp3) is 0.512. The van der Waals surface area contributed by atoms with Crippen LogP contribution in [0.5, 0.6) is 0 Å². The van der Waals surface area contributed by atoms with E-state index in [2.05, 4.69) is 53.9 Å². The van der Waals surface area contributed by atoms with Crippen LogP contribution in [-0.2, 0) is 26.5 Å². The average Bonchev–Trinajstić information content (AvgIpc) is 3.91. The van der Waals surface area contributed by atoms with Crippen LogP contribution < -0.4 is 15.5 Å². The normalized spacial score (nSPS) is 24.9. The maximum Gasteiger partial charge on any atom is 0.264 e. The van der Waals surface area contributed by atoms with E-state index in [1.54, 1.807) is 22.7 Å². The molecule has 1 aromatic heterocycles. The molecule has 4 heterocycles. The molecular formula is C41H55FN6O4Si. The van der Waals surface area contributed by atoms with Gasteiger partial charge in [0.25, 0.3) is 5.91 Å². The Morgan fingerprint density at radius 3 is 2.64 bits per heavy atom. The van der Waals surface area contributed by atoms with Gasteiger partial charge in [0, 0.05) is 42.0 Å². The number of amides is 2. The second-order valence-electron chi connectivity index (χ2n) is 15.8. The van der Waals surface area contributed by atoms with Crippen LogP contribution >= 0.6 is 0 Å². The van der Waals surface area contributed by atoms with Crippen molar-refractivity contribution in [2.45, 2.75) is 109 Å². The van der Waals surface area contributed by atoms with Gasteiger partial charge in [0.1, 0.15) is 0 Å². The molecule has 10 nitrogen and oxygen atoms in total. The second-order valence-corrected chi connectivity index (χ2v) is 19.6. The van der Waals surface area contributed by atoms with Crippen molar-refractivity contribution in [2.24, 2.45) is 5.92 Å². The topological polar surface area (TPSA) is 122 Å². The van der Waals surface area contributed by atoms with Gasteiger partial charge in [-0.3, -0.25) is 14.3 Å². The van der Waals surface area contributed by atoms with E-state index in [0.717, 1.165) is 43.5 Å². The molecule has 53 heavy (non-hydrogen) atoms. The maximum atomic E-state index is 16.5. The van der Waals surface area contributed by atoms with Gasteiger partial charge in [-0.15, -0.1) is 5.10 Å². The summed E-state index contributed by atoms with van der Waals surface area (Å²) in [5.74, 6) is -1.09. The highest BCUT2D eigenvalue weighted by molar-refractivity contribution is 6.72. The van der Waals surface area contributed by atoms with Gasteiger partial charge in [-0.25, -0.2) is 0 Å². The summed E-state index contributed by atoms with van der Waals surface area (Å²) in [4.78, 5) is 29.8. The number of aromatic nitrogens is 3. The van der Waals surface area contributed by atoms with E-state index in [9.17, 15) is 14.7 Å². The maximum absolute atomic E-state index is 16.5. The summed E-state index contributed by atoms with van der Waals surface area (Å²) in [6.07, 6.45) is 9.52. The number of aliphatic hydroxyl groups is 1. The highest BCUT2D eigenvalue weighted by atomic mass is 28.4. The van der Waals surface area contributed by atoms with Gasteiger partial charge >= 0.3 is 0 Å². The van der Waals surface area contributed by atoms with Gasteiger partial charge in [-0.1, -0.05) is 65.8 Å². The number of ether oxygens (including phenoxy) is 1. The van der Waals surface area contributed by atoms with Crippen molar-refractivity contribution in [3.63, 3.8) is 0 Å². The number of anilines is 2. The summed E-state index contributed by atoms with van der Waals surface area (Å²) < 4.78 is 25.3. The fourth-order valence-corrected chi connectivity index (χ4v) is 11.1. The van der Waals surface area contributed by atoms with Crippen molar-refractivity contribution in [1.29, 1.82) is 0 Å². The summed E-state index contributed by atoms with van der Waals surface area (Å²) in [5, 5.41) is 25.2. The number of nitrogens with one attached hydrogen (secondary N) is 2. The van der Waals surface area contributed by atoms with Gasteiger partial charge in [0.05, 0.1) is 36.1 Å². The second kappa shape index (κ2) is 16.2. The van der Waals surface area contributed by atoms with Crippen molar-refractivity contribution >= 4 is 31.6 Å². The largest absolute Gasteiger partial charge is 0.395 e. The van der Waals surface area contributed by atoms with Crippen LogP contribution in [0.1, 0.15) is 82.5 Å². The quantitative estimate of drug-likeness (QED) is 0.0925. The number of fused-ring (bicyclic) bond motifs is 2. The zero-order chi connectivity index (χ0) is 37.9. The molecule has 6 atom stereocenters. The van der Waals surface area contributed by atoms with Gasteiger partial charge in [-0.05, 0) is 96.3 Å². The number of benzene rings is 2. The Hall–Kier alpha value is -3.97. The first-order chi connectivity index (χ1) is 25.3. The Kier molecular flexibility index (Phi) is 11.8. The molecule has 3 N–H and O–H groups in total. The number of hydrogen-bond acceptors (Lipinski definition) is 7. The van der Waals surface area contributed by atoms with Crippen LogP contribution in [0, 0.1) is 5.92 Å². The van der Waals surface area contributed by atoms with Crippen LogP contribution in [0.2, 0.25) is 18.6 Å². The monoisotopic (exact) mass is 742 g/mol. The molecule has 2 fully saturated rings. The number of aliphatic hydroxyl groups excluding tert-OH is 1. The Bertz CT molecular complexity index is 1830. The molecule has 3 aliphatic rings. The Balaban J connectivity index is 1.30. The Morgan fingerprint density at radius 1 is 1.19 bits per heavy atom. The number of allylic oxidation sites excluding steroid dienone is 3. The summed E-state index contributed by atoms with van der Waals surface area (Å²) in [7, 11) is -3.41. The smallest absolute Gasteiger partial charge is 0.264 e. The third-order valence-electron chi connectivity index (χ3n) is 11.3. The molecular weight excluding hydrogens is 688 g/mol. The molecule has 0 saturated carbocycles. The third-order valence-corrected chi connectivity index (χ3v) is 13.7. The lowest BCUT2D eigenvalue weighted by molar-refractivity contribution is -0.145. The van der Waals surface area contributed by atoms with E-state index in [4.69, 9.17) is 4.74 Å². The molecule has 1 unspecified atom stereocenters. The summed E-state index contributed by atoms with van der Waals surface area (Å²) >= 11 is 0. The minimum atomic E-state index is -3.41. The summed E-state index contributed by atoms with van der Waals surface area (Å²) in [6.45, 7) is 13.1. The molecule has 284 valence electrons. The molecule has 0 aliphatic carbocycles. The van der Waals surface area contributed by atoms with E-state index in [1.807, 2.05) is 61.7 Å². The zero-order valence-corrected chi connectivity index (χ0v) is 32.9. The lowest BCUT2D eigenvalue weighted by atomic mass is 9.82. The molecule has 3 aromatic rings. The first-order valence-corrected chi connectivity index (χ1v) is 22.0. The number of carbonyl (C=O) groups excluding carboxylic acids is 2. The first kappa shape index (κ1) is 38.7. The van der Waals surface area contributed by atoms with Gasteiger partial charge < -0.3 is 29.5 Å². The molecule has 1 spiro atoms. The molecule has 2 amide bonds. The SMILES string of the molecule is CC(C)=CCC/C(C)=C/CN1C(=O)[C@@]2(O[C@@H](CCn3cc(C(CO)c4ccccc4)nn3)[C@H]([Si](C)(C)F)[C@H]2C)c2cc(NC(=O)[C@H]3CCCN3)ccc21. The predicted molar refractivity (Wildman–Crippen MR) is 209 cm³/mol. The van der Waals surface area contributed by atoms with E-state index in [-0.39, 0.29) is 30.4 Å². The lowest BCUT2D eigenvalue weighted by Crippen LogP contribution is -2.45. The third kappa shape index (κ3) is 8.11. The highest BCUT2D eigenvalue weighted by Gasteiger charge is 2.66. The highest BCUT2D eigenvalue weighted by Crippen LogP contribution is 2.60. The Labute approximate surface area is 314 Å². The molecule has 12 heteroatoms. The van der Waals surface area contributed by atoms with Crippen LogP contribution in [0.3, 0.4) is 0 Å². The predicted octanol–water partition coefficient (Wildman–Crippen LogP) is 7.00. The molecule has 0 radical (unpaired) electrons. The zero-order valence-electron chi connectivity index (χ0n) is 31.9. The number of aryl methyl sites for hydroxylation is 1. The van der Waals surface area contributed by atoms with E-state index in [0.29, 0.717) is 36.5 Å². The number of halogens is 1. The van der Waals surface area contributed by atoms with Crippen LogP contribution in [0.15, 0.2) is 78.0 Å². The van der Waals surface area contributed by atoms with Crippen molar-refractivity contribution < 1.29 is 23.5 Å². The van der Waals surface area contributed by atoms with Gasteiger partial charge in [0.2, 0.25) is 14.3 Å². The summed E-state index contributed by atoms with van der Waals surface area (Å²) in [5.41, 5.74) is 4.13. The van der Waals surface area contributed by atoms with Crippen molar-refractivity contribution in [1.82, 2.24) is 20.3 Å². The van der Waals surface area contributed by atoms with E-state index in [1.165, 1.54) is 11.1 Å². The van der Waals surface area contributed by atoms with Crippen LogP contribution in [-0.4, -0.2) is 72.2 Å². The molecule has 3 aliphatic heterocycles. The standard InChI is InChI=1S/C41H55FN6O4Si/c1-27(2)12-10-13-28(3)19-23-48-36-18-17-31(44-39(50)34-16-11-21-43-34)24-33(36)41(40(48)51)29(4)38(53(5,6)42)37(52-41)20-22-47-25-35(45-46-47)32(26-49)30-14-8-7-9-15-30/h7-9,12,14-15,17-19,24-25,29,32,34,37-38,43,49H,10-11,13,16,20-23,26H2,1-6H3,(H,44,50)/b28-19+/t29-,32?,34-,37+,38-,41+/m1/s1. The number of carbonyl (C=O) groups is 2. The first-order valence-electron chi connectivity index (χ1n) is 19.1. The van der Waals surface area contributed by atoms with Crippen LogP contribution in [0.4, 0.5) is 15.5 Å². The van der Waals surface area contributed by atoms with Crippen molar-refractivity contribution in [3.8, 4) is 0 Å². The molecule has 2 aromatic carbocycles. The molecule has 6 rings (SSSR count). The van der Waals surface area contributed by atoms with E-state index >= 15 is 4.11 Å². The minimum absolute atomic E-state index is 0.107. The summed E-state index contributed by atoms with van der Waals surface area (Å²) in [6, 6.07) is 15.0. The van der Waals surface area contributed by atoms with Crippen molar-refractivity contribution in [3.05, 3.63) is 94.8 Å². The number of rotatable bonds is 14. The van der Waals surface area contributed by atoms with Gasteiger partial charge in [-0.2, -0.15) is 0 Å². The molecule has 2 saturated heterocycles. The average molecular weight is 743 g/mol. The van der Waals surface area contributed by atoms with E-state index < -0.39 is 31.6 Å².